The first kappa shape index (κ1) is 22.2. The molecule has 4 aliphatic rings. The monoisotopic (exact) mass is 518 g/mol. The Hall–Kier alpha value is -3.06. The highest BCUT2D eigenvalue weighted by Crippen LogP contribution is 2.54. The Kier molecular flexibility index (Phi) is 4.91. The number of rotatable bonds is 2. The van der Waals surface area contributed by atoms with Crippen LogP contribution in [-0.2, 0) is 27.9 Å². The molecule has 1 amide bonds. The van der Waals surface area contributed by atoms with Gasteiger partial charge in [-0.15, -0.1) is 21.5 Å². The molecule has 36 heavy (non-hydrogen) atoms. The first-order chi connectivity index (χ1) is 17.5. The Morgan fingerprint density at radius 1 is 1.25 bits per heavy atom. The van der Waals surface area contributed by atoms with E-state index in [0.29, 0.717) is 49.7 Å². The molecule has 1 saturated heterocycles. The van der Waals surface area contributed by atoms with E-state index in [1.54, 1.807) is 23.5 Å². The molecule has 182 valence electrons. The smallest absolute Gasteiger partial charge is 0.226 e. The number of hydrogen-bond donors (Lipinski definition) is 0. The maximum absolute atomic E-state index is 13.4. The second-order valence-corrected chi connectivity index (χ2v) is 11.4. The van der Waals surface area contributed by atoms with E-state index in [1.807, 2.05) is 17.9 Å². The zero-order chi connectivity index (χ0) is 24.6. The van der Waals surface area contributed by atoms with Crippen molar-refractivity contribution in [3.63, 3.8) is 0 Å². The maximum atomic E-state index is 13.4. The zero-order valence-corrected chi connectivity index (χ0v) is 21.3. The largest absolute Gasteiger partial charge is 0.378 e. The first-order valence-electron chi connectivity index (χ1n) is 12.2. The number of amides is 1. The van der Waals surface area contributed by atoms with Gasteiger partial charge in [-0.05, 0) is 56.4 Å². The van der Waals surface area contributed by atoms with Crippen molar-refractivity contribution in [3.05, 3.63) is 62.0 Å². The van der Waals surface area contributed by atoms with Gasteiger partial charge in [0.1, 0.15) is 16.4 Å². The number of thiophene rings is 1. The number of carbonyl (C=O) groups excluding carboxylic acids is 1. The molecular weight excluding hydrogens is 496 g/mol. The number of nitrogens with zero attached hydrogens (tertiary/aromatic N) is 6. The van der Waals surface area contributed by atoms with Gasteiger partial charge < -0.3 is 9.64 Å². The Morgan fingerprint density at radius 3 is 2.81 bits per heavy atom. The lowest BCUT2D eigenvalue weighted by atomic mass is 9.96. The van der Waals surface area contributed by atoms with Gasteiger partial charge in [-0.2, -0.15) is 5.26 Å². The van der Waals surface area contributed by atoms with Crippen molar-refractivity contribution < 1.29 is 9.53 Å². The quantitative estimate of drug-likeness (QED) is 0.516. The van der Waals surface area contributed by atoms with E-state index in [0.717, 1.165) is 51.9 Å². The van der Waals surface area contributed by atoms with Crippen LogP contribution in [0, 0.1) is 24.2 Å². The lowest BCUT2D eigenvalue weighted by Crippen LogP contribution is -2.44. The third-order valence-corrected chi connectivity index (χ3v) is 9.28. The number of benzene rings is 1. The fourth-order valence-electron chi connectivity index (χ4n) is 5.69. The number of aromatic nitrogens is 3. The van der Waals surface area contributed by atoms with Gasteiger partial charge in [0.25, 0.3) is 0 Å². The number of carbonyl (C=O) groups is 1. The molecule has 10 heteroatoms. The second kappa shape index (κ2) is 7.97. The highest BCUT2D eigenvalue weighted by atomic mass is 35.5. The second-order valence-electron chi connectivity index (χ2n) is 9.93. The van der Waals surface area contributed by atoms with E-state index in [-0.39, 0.29) is 11.8 Å². The number of nitriles is 1. The zero-order valence-electron chi connectivity index (χ0n) is 19.8. The van der Waals surface area contributed by atoms with Crippen LogP contribution in [0.5, 0.6) is 0 Å². The molecule has 2 aliphatic heterocycles. The molecule has 4 heterocycles. The van der Waals surface area contributed by atoms with Gasteiger partial charge >= 0.3 is 0 Å². The summed E-state index contributed by atoms with van der Waals surface area (Å²) < 4.78 is 7.60. The number of aliphatic imine (C=N–C) groups is 1. The SMILES string of the molecule is Cc1nnc2n1-c1sc3c(c1C(c1cc(C#N)ccc1Cl)=NC21CC1)C[C@H](C(=O)N1CCOCC1)C3. The van der Waals surface area contributed by atoms with E-state index in [2.05, 4.69) is 20.8 Å². The molecule has 2 aromatic heterocycles. The summed E-state index contributed by atoms with van der Waals surface area (Å²) in [6.45, 7) is 4.46. The number of fused-ring (bicyclic) bond motifs is 6. The summed E-state index contributed by atoms with van der Waals surface area (Å²) in [5.74, 6) is 1.81. The molecule has 1 aromatic carbocycles. The minimum Gasteiger partial charge on any atom is -0.378 e. The summed E-state index contributed by atoms with van der Waals surface area (Å²) in [6.07, 6.45) is 3.15. The summed E-state index contributed by atoms with van der Waals surface area (Å²) >= 11 is 8.45. The van der Waals surface area contributed by atoms with Crippen molar-refractivity contribution in [1.29, 1.82) is 5.26 Å². The van der Waals surface area contributed by atoms with E-state index >= 15 is 0 Å². The average Bonchev–Trinajstić information content (AvgIpc) is 3.24. The predicted octanol–water partition coefficient (Wildman–Crippen LogP) is 3.58. The molecule has 0 radical (unpaired) electrons. The lowest BCUT2D eigenvalue weighted by Gasteiger charge is -2.29. The van der Waals surface area contributed by atoms with E-state index < -0.39 is 5.54 Å². The fourth-order valence-corrected chi connectivity index (χ4v) is 7.36. The van der Waals surface area contributed by atoms with Crippen molar-refractivity contribution in [2.45, 2.75) is 38.1 Å². The molecule has 0 N–H and O–H groups in total. The van der Waals surface area contributed by atoms with Gasteiger partial charge in [-0.3, -0.25) is 14.4 Å². The number of aryl methyl sites for hydroxylation is 1. The molecule has 8 nitrogen and oxygen atoms in total. The molecule has 0 unspecified atom stereocenters. The first-order valence-corrected chi connectivity index (χ1v) is 13.4. The molecule has 1 spiro atoms. The molecule has 1 saturated carbocycles. The van der Waals surface area contributed by atoms with Gasteiger partial charge in [0.15, 0.2) is 5.82 Å². The van der Waals surface area contributed by atoms with Crippen molar-refractivity contribution in [2.24, 2.45) is 10.9 Å². The molecule has 2 fully saturated rings. The van der Waals surface area contributed by atoms with Gasteiger partial charge in [-0.25, -0.2) is 0 Å². The summed E-state index contributed by atoms with van der Waals surface area (Å²) in [5, 5.41) is 20.2. The van der Waals surface area contributed by atoms with Crippen LogP contribution in [0.1, 0.15) is 51.6 Å². The standard InChI is InChI=1S/C26H23ClN6O2S/c1-14-30-31-25-26(4-5-26)29-22(17-10-15(13-28)2-3-19(17)27)21-18-11-16(12-20(18)36-24(21)33(14)25)23(34)32-6-8-35-9-7-32/h2-3,10,16H,4-9,11-12H2,1H3/t16-/m0/s1. The maximum Gasteiger partial charge on any atom is 0.226 e. The molecule has 1 atom stereocenters. The number of hydrogen-bond acceptors (Lipinski definition) is 7. The van der Waals surface area contributed by atoms with Gasteiger partial charge in [0.2, 0.25) is 5.91 Å². The molecular formula is C26H23ClN6O2S. The van der Waals surface area contributed by atoms with E-state index in [9.17, 15) is 10.1 Å². The number of ether oxygens (including phenoxy) is 1. The summed E-state index contributed by atoms with van der Waals surface area (Å²) in [7, 11) is 0. The highest BCUT2D eigenvalue weighted by molar-refractivity contribution is 7.15. The highest BCUT2D eigenvalue weighted by Gasteiger charge is 2.52. The Bertz CT molecular complexity index is 1510. The summed E-state index contributed by atoms with van der Waals surface area (Å²) in [4.78, 5) is 21.8. The third-order valence-electron chi connectivity index (χ3n) is 7.71. The van der Waals surface area contributed by atoms with Gasteiger partial charge in [0.05, 0.1) is 35.6 Å². The van der Waals surface area contributed by atoms with E-state index in [1.165, 1.54) is 4.88 Å². The molecule has 2 aliphatic carbocycles. The number of halogens is 1. The van der Waals surface area contributed by atoms with Crippen LogP contribution in [0.15, 0.2) is 23.2 Å². The Balaban J connectivity index is 1.40. The van der Waals surface area contributed by atoms with Crippen LogP contribution in [0.3, 0.4) is 0 Å². The van der Waals surface area contributed by atoms with Crippen LogP contribution < -0.4 is 0 Å². The summed E-state index contributed by atoms with van der Waals surface area (Å²) in [6, 6.07) is 7.56. The van der Waals surface area contributed by atoms with Crippen LogP contribution in [0.4, 0.5) is 0 Å². The van der Waals surface area contributed by atoms with Crippen molar-refractivity contribution in [1.82, 2.24) is 19.7 Å². The molecule has 7 rings (SSSR count). The van der Waals surface area contributed by atoms with Crippen molar-refractivity contribution in [3.8, 4) is 11.1 Å². The average molecular weight is 519 g/mol. The van der Waals surface area contributed by atoms with Crippen LogP contribution in [0.2, 0.25) is 5.02 Å². The van der Waals surface area contributed by atoms with Crippen LogP contribution in [0.25, 0.3) is 5.00 Å². The fraction of sp³-hybridized carbons (Fsp3) is 0.423. The normalized spacial score (nSPS) is 21.3. The van der Waals surface area contributed by atoms with Gasteiger partial charge in [-0.1, -0.05) is 11.6 Å². The van der Waals surface area contributed by atoms with Crippen molar-refractivity contribution >= 4 is 34.6 Å². The third kappa shape index (κ3) is 3.21. The summed E-state index contributed by atoms with van der Waals surface area (Å²) in [5.41, 5.74) is 3.83. The minimum atomic E-state index is -0.435. The van der Waals surface area contributed by atoms with Crippen LogP contribution >= 0.6 is 22.9 Å². The van der Waals surface area contributed by atoms with Crippen LogP contribution in [-0.4, -0.2) is 57.6 Å². The topological polar surface area (TPSA) is 96.4 Å². The minimum absolute atomic E-state index is 0.0866. The Morgan fingerprint density at radius 2 is 2.06 bits per heavy atom. The lowest BCUT2D eigenvalue weighted by molar-refractivity contribution is -0.139. The molecule has 0 bridgehead atoms. The molecule has 3 aromatic rings. The Labute approximate surface area is 217 Å². The predicted molar refractivity (Wildman–Crippen MR) is 135 cm³/mol. The van der Waals surface area contributed by atoms with Crippen molar-refractivity contribution in [2.75, 3.05) is 26.3 Å². The van der Waals surface area contributed by atoms with Gasteiger partial charge in [0, 0.05) is 35.0 Å². The van der Waals surface area contributed by atoms with E-state index in [4.69, 9.17) is 21.3 Å². The number of morpholine rings is 1.